The number of phenolic OH excluding ortho intramolecular Hbond substituents is 2. The Morgan fingerprint density at radius 3 is 2.43 bits per heavy atom. The summed E-state index contributed by atoms with van der Waals surface area (Å²) in [6, 6.07) is 7.85. The maximum atomic E-state index is 12.8. The van der Waals surface area contributed by atoms with E-state index in [0.717, 1.165) is 0 Å². The SMILES string of the molecule is COc1cc2c(c(O)c1OC)C(=O)C(c1ccc(O)cc1)CO2. The number of benzene rings is 2. The summed E-state index contributed by atoms with van der Waals surface area (Å²) in [7, 11) is 2.82. The zero-order chi connectivity index (χ0) is 16.6. The predicted octanol–water partition coefficient (Wildman–Crippen LogP) is 2.47. The Morgan fingerprint density at radius 2 is 1.83 bits per heavy atom. The van der Waals surface area contributed by atoms with Crippen molar-refractivity contribution in [3.8, 4) is 28.7 Å². The van der Waals surface area contributed by atoms with Gasteiger partial charge in [0.25, 0.3) is 0 Å². The van der Waals surface area contributed by atoms with Crippen LogP contribution in [-0.4, -0.2) is 36.8 Å². The number of phenols is 2. The van der Waals surface area contributed by atoms with Crippen LogP contribution in [0, 0.1) is 0 Å². The number of carbonyl (C=O) groups excluding carboxylic acids is 1. The van der Waals surface area contributed by atoms with Crippen LogP contribution in [0.5, 0.6) is 28.7 Å². The van der Waals surface area contributed by atoms with Crippen molar-refractivity contribution in [3.05, 3.63) is 41.5 Å². The quantitative estimate of drug-likeness (QED) is 0.905. The molecule has 1 heterocycles. The molecule has 2 aromatic rings. The van der Waals surface area contributed by atoms with Crippen LogP contribution < -0.4 is 14.2 Å². The van der Waals surface area contributed by atoms with E-state index in [1.807, 2.05) is 0 Å². The minimum absolute atomic E-state index is 0.0759. The molecule has 1 atom stereocenters. The summed E-state index contributed by atoms with van der Waals surface area (Å²) in [5.41, 5.74) is 0.777. The third-order valence-electron chi connectivity index (χ3n) is 3.87. The first-order chi connectivity index (χ1) is 11.1. The molecular weight excluding hydrogens is 300 g/mol. The fraction of sp³-hybridized carbons (Fsp3) is 0.235. The number of aromatic hydroxyl groups is 2. The number of methoxy groups -OCH3 is 2. The number of Topliss-reactive ketones (excluding diaryl/α,β-unsaturated/α-hetero) is 1. The van der Waals surface area contributed by atoms with Crippen molar-refractivity contribution in [2.75, 3.05) is 20.8 Å². The Labute approximate surface area is 132 Å². The Hall–Kier alpha value is -2.89. The first-order valence-corrected chi connectivity index (χ1v) is 7.00. The molecule has 0 amide bonds. The van der Waals surface area contributed by atoms with Crippen LogP contribution in [0.1, 0.15) is 21.8 Å². The first-order valence-electron chi connectivity index (χ1n) is 7.00. The van der Waals surface area contributed by atoms with Crippen molar-refractivity contribution in [2.24, 2.45) is 0 Å². The maximum absolute atomic E-state index is 12.8. The molecule has 0 aliphatic carbocycles. The third-order valence-corrected chi connectivity index (χ3v) is 3.87. The second-order valence-corrected chi connectivity index (χ2v) is 5.15. The lowest BCUT2D eigenvalue weighted by Crippen LogP contribution is -2.26. The Morgan fingerprint density at radius 1 is 1.13 bits per heavy atom. The van der Waals surface area contributed by atoms with E-state index in [0.29, 0.717) is 11.3 Å². The first kappa shape index (κ1) is 15.0. The molecule has 2 aromatic carbocycles. The van der Waals surface area contributed by atoms with Gasteiger partial charge in [-0.1, -0.05) is 12.1 Å². The molecule has 1 aliphatic heterocycles. The van der Waals surface area contributed by atoms with Gasteiger partial charge in [0.15, 0.2) is 17.3 Å². The summed E-state index contributed by atoms with van der Waals surface area (Å²) < 4.78 is 15.9. The van der Waals surface area contributed by atoms with Crippen molar-refractivity contribution >= 4 is 5.78 Å². The summed E-state index contributed by atoms with van der Waals surface area (Å²) in [6.45, 7) is 0.144. The molecule has 0 fully saturated rings. The van der Waals surface area contributed by atoms with Crippen LogP contribution >= 0.6 is 0 Å². The average Bonchev–Trinajstić information content (AvgIpc) is 2.55. The lowest BCUT2D eigenvalue weighted by atomic mass is 9.88. The van der Waals surface area contributed by atoms with Crippen LogP contribution in [0.2, 0.25) is 0 Å². The van der Waals surface area contributed by atoms with E-state index < -0.39 is 5.92 Å². The number of ketones is 1. The maximum Gasteiger partial charge on any atom is 0.204 e. The van der Waals surface area contributed by atoms with Gasteiger partial charge in [0.1, 0.15) is 23.7 Å². The fourth-order valence-electron chi connectivity index (χ4n) is 2.68. The minimum atomic E-state index is -0.563. The summed E-state index contributed by atoms with van der Waals surface area (Å²) in [5.74, 6) is -0.361. The van der Waals surface area contributed by atoms with Gasteiger partial charge in [-0.15, -0.1) is 0 Å². The van der Waals surface area contributed by atoms with Crippen LogP contribution in [0.3, 0.4) is 0 Å². The molecule has 3 rings (SSSR count). The molecule has 6 heteroatoms. The molecule has 1 aliphatic rings. The summed E-state index contributed by atoms with van der Waals surface area (Å²) >= 11 is 0. The largest absolute Gasteiger partial charge is 0.508 e. The monoisotopic (exact) mass is 316 g/mol. The topological polar surface area (TPSA) is 85.2 Å². The van der Waals surface area contributed by atoms with Gasteiger partial charge in [-0.05, 0) is 17.7 Å². The molecule has 0 radical (unpaired) electrons. The van der Waals surface area contributed by atoms with Crippen LogP contribution in [-0.2, 0) is 0 Å². The van der Waals surface area contributed by atoms with E-state index >= 15 is 0 Å². The summed E-state index contributed by atoms with van der Waals surface area (Å²) in [6.07, 6.45) is 0. The van der Waals surface area contributed by atoms with E-state index in [-0.39, 0.29) is 41.0 Å². The van der Waals surface area contributed by atoms with Gasteiger partial charge in [0.2, 0.25) is 5.75 Å². The highest BCUT2D eigenvalue weighted by molar-refractivity contribution is 6.07. The molecule has 23 heavy (non-hydrogen) atoms. The number of hydrogen-bond donors (Lipinski definition) is 2. The molecule has 0 bridgehead atoms. The Balaban J connectivity index is 2.07. The van der Waals surface area contributed by atoms with Crippen LogP contribution in [0.25, 0.3) is 0 Å². The highest BCUT2D eigenvalue weighted by atomic mass is 16.5. The van der Waals surface area contributed by atoms with Gasteiger partial charge in [0.05, 0.1) is 20.1 Å². The lowest BCUT2D eigenvalue weighted by Gasteiger charge is -2.26. The molecule has 0 saturated carbocycles. The molecule has 0 spiro atoms. The van der Waals surface area contributed by atoms with E-state index in [1.165, 1.54) is 32.4 Å². The fourth-order valence-corrected chi connectivity index (χ4v) is 2.68. The van der Waals surface area contributed by atoms with E-state index in [9.17, 15) is 15.0 Å². The molecule has 6 nitrogen and oxygen atoms in total. The standard InChI is InChI=1S/C17H16O6/c1-21-13-7-12-14(16(20)17(13)22-2)15(19)11(8-23-12)9-3-5-10(18)6-4-9/h3-7,11,18,20H,8H2,1-2H3. The molecule has 0 aromatic heterocycles. The molecular formula is C17H16O6. The molecule has 2 N–H and O–H groups in total. The Bertz CT molecular complexity index is 751. The second kappa shape index (κ2) is 5.72. The average molecular weight is 316 g/mol. The number of carbonyl (C=O) groups is 1. The van der Waals surface area contributed by atoms with Gasteiger partial charge in [-0.25, -0.2) is 0 Å². The van der Waals surface area contributed by atoms with Crippen molar-refractivity contribution in [3.63, 3.8) is 0 Å². The van der Waals surface area contributed by atoms with Crippen molar-refractivity contribution in [2.45, 2.75) is 5.92 Å². The second-order valence-electron chi connectivity index (χ2n) is 5.15. The van der Waals surface area contributed by atoms with E-state index in [4.69, 9.17) is 14.2 Å². The summed E-state index contributed by atoms with van der Waals surface area (Å²) in [5, 5.41) is 19.7. The van der Waals surface area contributed by atoms with Gasteiger partial charge in [0, 0.05) is 6.07 Å². The zero-order valence-electron chi connectivity index (χ0n) is 12.7. The zero-order valence-corrected chi connectivity index (χ0v) is 12.7. The number of fused-ring (bicyclic) bond motifs is 1. The highest BCUT2D eigenvalue weighted by Crippen LogP contribution is 2.47. The van der Waals surface area contributed by atoms with E-state index in [2.05, 4.69) is 0 Å². The normalized spacial score (nSPS) is 16.4. The van der Waals surface area contributed by atoms with Crippen molar-refractivity contribution in [1.29, 1.82) is 0 Å². The molecule has 0 saturated heterocycles. The minimum Gasteiger partial charge on any atom is -0.508 e. The van der Waals surface area contributed by atoms with Crippen LogP contribution in [0.15, 0.2) is 30.3 Å². The van der Waals surface area contributed by atoms with Gasteiger partial charge in [-0.3, -0.25) is 4.79 Å². The Kier molecular flexibility index (Phi) is 3.73. The molecule has 1 unspecified atom stereocenters. The lowest BCUT2D eigenvalue weighted by molar-refractivity contribution is 0.0890. The van der Waals surface area contributed by atoms with Gasteiger partial charge < -0.3 is 24.4 Å². The summed E-state index contributed by atoms with van der Waals surface area (Å²) in [4.78, 5) is 12.8. The molecule has 120 valence electrons. The highest BCUT2D eigenvalue weighted by Gasteiger charge is 2.35. The third kappa shape index (κ3) is 2.42. The number of rotatable bonds is 3. The smallest absolute Gasteiger partial charge is 0.204 e. The number of hydrogen-bond acceptors (Lipinski definition) is 6. The van der Waals surface area contributed by atoms with Gasteiger partial charge in [-0.2, -0.15) is 0 Å². The van der Waals surface area contributed by atoms with Crippen molar-refractivity contribution in [1.82, 2.24) is 0 Å². The predicted molar refractivity (Wildman–Crippen MR) is 81.9 cm³/mol. The van der Waals surface area contributed by atoms with Crippen LogP contribution in [0.4, 0.5) is 0 Å². The van der Waals surface area contributed by atoms with E-state index in [1.54, 1.807) is 12.1 Å². The van der Waals surface area contributed by atoms with Crippen molar-refractivity contribution < 1.29 is 29.2 Å². The number of ether oxygens (including phenoxy) is 3. The van der Waals surface area contributed by atoms with Gasteiger partial charge >= 0.3 is 0 Å².